The van der Waals surface area contributed by atoms with Crippen LogP contribution in [0.5, 0.6) is 0 Å². The summed E-state index contributed by atoms with van der Waals surface area (Å²) >= 11 is 1.37. The normalized spacial score (nSPS) is 13.6. The molecule has 0 spiro atoms. The van der Waals surface area contributed by atoms with Crippen molar-refractivity contribution in [2.75, 3.05) is 11.1 Å². The van der Waals surface area contributed by atoms with E-state index in [9.17, 15) is 4.79 Å². The number of benzene rings is 1. The maximum atomic E-state index is 12.1. The number of amides is 1. The molecule has 23 heavy (non-hydrogen) atoms. The third-order valence-electron chi connectivity index (χ3n) is 3.66. The lowest BCUT2D eigenvalue weighted by Gasteiger charge is -2.08. The van der Waals surface area contributed by atoms with E-state index >= 15 is 0 Å². The monoisotopic (exact) mass is 327 g/mol. The molecule has 2 aromatic rings. The molecule has 1 aromatic heterocycles. The van der Waals surface area contributed by atoms with Gasteiger partial charge in [0.25, 0.3) is 0 Å². The molecular weight excluding hydrogens is 310 g/mol. The molecule has 3 rings (SSSR count). The summed E-state index contributed by atoms with van der Waals surface area (Å²) in [6, 6.07) is 9.03. The van der Waals surface area contributed by atoms with Crippen LogP contribution in [-0.4, -0.2) is 26.4 Å². The van der Waals surface area contributed by atoms with Gasteiger partial charge < -0.3 is 9.88 Å². The second-order valence-corrected chi connectivity index (χ2v) is 6.30. The number of nitrogens with one attached hydrogen (secondary N) is 1. The molecule has 1 N–H and O–H groups in total. The third kappa shape index (κ3) is 3.54. The number of thioether (sulfide) groups is 1. The van der Waals surface area contributed by atoms with Crippen molar-refractivity contribution < 1.29 is 4.79 Å². The number of nitriles is 1. The molecule has 0 unspecified atom stereocenters. The average Bonchev–Trinajstić information content (AvgIpc) is 3.33. The molecule has 1 aromatic carbocycles. The fourth-order valence-electron chi connectivity index (χ4n) is 2.35. The second kappa shape index (κ2) is 6.84. The zero-order valence-electron chi connectivity index (χ0n) is 12.8. The van der Waals surface area contributed by atoms with Gasteiger partial charge in [-0.25, -0.2) is 0 Å². The zero-order chi connectivity index (χ0) is 16.2. The van der Waals surface area contributed by atoms with Crippen molar-refractivity contribution in [3.63, 3.8) is 0 Å². The lowest BCUT2D eigenvalue weighted by Crippen LogP contribution is -2.15. The van der Waals surface area contributed by atoms with Crippen molar-refractivity contribution in [1.82, 2.24) is 14.8 Å². The average molecular weight is 327 g/mol. The Morgan fingerprint density at radius 1 is 1.43 bits per heavy atom. The summed E-state index contributed by atoms with van der Waals surface area (Å²) in [4.78, 5) is 12.1. The maximum absolute atomic E-state index is 12.1. The Labute approximate surface area is 138 Å². The van der Waals surface area contributed by atoms with Crippen molar-refractivity contribution in [3.8, 4) is 6.07 Å². The first-order valence-corrected chi connectivity index (χ1v) is 8.56. The standard InChI is InChI=1S/C16H17N5OS/c1-2-21-15(11-7-8-11)19-20-16(21)23-10-14(22)18-13-6-4-3-5-12(13)9-17/h3-6,11H,2,7-8,10H2,1H3,(H,18,22). The van der Waals surface area contributed by atoms with Gasteiger partial charge in [-0.05, 0) is 31.9 Å². The highest BCUT2D eigenvalue weighted by Crippen LogP contribution is 2.39. The predicted octanol–water partition coefficient (Wildman–Crippen LogP) is 2.78. The molecule has 0 radical (unpaired) electrons. The summed E-state index contributed by atoms with van der Waals surface area (Å²) < 4.78 is 2.08. The highest BCUT2D eigenvalue weighted by molar-refractivity contribution is 7.99. The molecule has 0 saturated heterocycles. The van der Waals surface area contributed by atoms with Gasteiger partial charge in [0, 0.05) is 12.5 Å². The fraction of sp³-hybridized carbons (Fsp3) is 0.375. The Kier molecular flexibility index (Phi) is 4.63. The molecule has 1 aliphatic carbocycles. The van der Waals surface area contributed by atoms with Crippen molar-refractivity contribution >= 4 is 23.4 Å². The van der Waals surface area contributed by atoms with E-state index in [0.717, 1.165) is 17.5 Å². The third-order valence-corrected chi connectivity index (χ3v) is 4.62. The SMILES string of the molecule is CCn1c(SCC(=O)Nc2ccccc2C#N)nnc1C1CC1. The van der Waals surface area contributed by atoms with Gasteiger partial charge in [-0.15, -0.1) is 10.2 Å². The minimum atomic E-state index is -0.156. The number of carbonyl (C=O) groups excluding carboxylic acids is 1. The van der Waals surface area contributed by atoms with E-state index in [4.69, 9.17) is 5.26 Å². The number of rotatable bonds is 6. The van der Waals surface area contributed by atoms with Crippen LogP contribution in [0.15, 0.2) is 29.4 Å². The van der Waals surface area contributed by atoms with E-state index in [1.807, 2.05) is 0 Å². The summed E-state index contributed by atoms with van der Waals surface area (Å²) in [5.74, 6) is 1.65. The molecule has 1 aliphatic rings. The summed E-state index contributed by atoms with van der Waals surface area (Å²) in [5, 5.41) is 21.0. The van der Waals surface area contributed by atoms with Gasteiger partial charge in [0.1, 0.15) is 11.9 Å². The van der Waals surface area contributed by atoms with Crippen LogP contribution in [0.1, 0.15) is 37.1 Å². The minimum absolute atomic E-state index is 0.156. The quantitative estimate of drug-likeness (QED) is 0.825. The topological polar surface area (TPSA) is 83.6 Å². The van der Waals surface area contributed by atoms with Crippen LogP contribution in [0.2, 0.25) is 0 Å². The second-order valence-electron chi connectivity index (χ2n) is 5.35. The molecule has 0 bridgehead atoms. The summed E-state index contributed by atoms with van der Waals surface area (Å²) in [7, 11) is 0. The number of carbonyl (C=O) groups is 1. The van der Waals surface area contributed by atoms with Gasteiger partial charge in [0.2, 0.25) is 5.91 Å². The van der Waals surface area contributed by atoms with Gasteiger partial charge in [-0.3, -0.25) is 4.79 Å². The molecule has 1 heterocycles. The summed E-state index contributed by atoms with van der Waals surface area (Å²) in [5.41, 5.74) is 0.995. The lowest BCUT2D eigenvalue weighted by atomic mass is 10.2. The Hall–Kier alpha value is -2.33. The van der Waals surface area contributed by atoms with E-state index in [1.54, 1.807) is 24.3 Å². The van der Waals surface area contributed by atoms with E-state index in [-0.39, 0.29) is 11.7 Å². The van der Waals surface area contributed by atoms with Crippen LogP contribution in [0.4, 0.5) is 5.69 Å². The first-order chi connectivity index (χ1) is 11.2. The lowest BCUT2D eigenvalue weighted by molar-refractivity contribution is -0.113. The molecular formula is C16H17N5OS. The smallest absolute Gasteiger partial charge is 0.234 e. The van der Waals surface area contributed by atoms with Crippen molar-refractivity contribution in [1.29, 1.82) is 5.26 Å². The van der Waals surface area contributed by atoms with Crippen LogP contribution in [-0.2, 0) is 11.3 Å². The van der Waals surface area contributed by atoms with Gasteiger partial charge in [-0.1, -0.05) is 23.9 Å². The Morgan fingerprint density at radius 2 is 2.22 bits per heavy atom. The zero-order valence-corrected chi connectivity index (χ0v) is 13.6. The highest BCUT2D eigenvalue weighted by atomic mass is 32.2. The van der Waals surface area contributed by atoms with Gasteiger partial charge >= 0.3 is 0 Å². The predicted molar refractivity (Wildman–Crippen MR) is 88.2 cm³/mol. The largest absolute Gasteiger partial charge is 0.324 e. The maximum Gasteiger partial charge on any atom is 0.234 e. The summed E-state index contributed by atoms with van der Waals surface area (Å²) in [6.07, 6.45) is 2.35. The van der Waals surface area contributed by atoms with Crippen molar-refractivity contribution in [3.05, 3.63) is 35.7 Å². The Balaban J connectivity index is 1.62. The van der Waals surface area contributed by atoms with Crippen LogP contribution in [0.3, 0.4) is 0 Å². The van der Waals surface area contributed by atoms with Gasteiger partial charge in [0.05, 0.1) is 17.0 Å². The molecule has 1 saturated carbocycles. The Morgan fingerprint density at radius 3 is 2.91 bits per heavy atom. The van der Waals surface area contributed by atoms with E-state index in [1.165, 1.54) is 24.6 Å². The van der Waals surface area contributed by atoms with Gasteiger partial charge in [0.15, 0.2) is 5.16 Å². The fourth-order valence-corrected chi connectivity index (χ4v) is 3.16. The number of nitrogens with zero attached hydrogens (tertiary/aromatic N) is 4. The van der Waals surface area contributed by atoms with Crippen LogP contribution in [0.25, 0.3) is 0 Å². The van der Waals surface area contributed by atoms with Crippen LogP contribution >= 0.6 is 11.8 Å². The number of hydrogen-bond donors (Lipinski definition) is 1. The molecule has 1 amide bonds. The highest BCUT2D eigenvalue weighted by Gasteiger charge is 2.30. The van der Waals surface area contributed by atoms with Crippen molar-refractivity contribution in [2.45, 2.75) is 37.4 Å². The number of para-hydroxylation sites is 1. The molecule has 118 valence electrons. The van der Waals surface area contributed by atoms with E-state index in [0.29, 0.717) is 17.2 Å². The van der Waals surface area contributed by atoms with Crippen LogP contribution in [0, 0.1) is 11.3 Å². The first kappa shape index (κ1) is 15.6. The molecule has 7 heteroatoms. The number of anilines is 1. The molecule has 6 nitrogen and oxygen atoms in total. The van der Waals surface area contributed by atoms with Crippen LogP contribution < -0.4 is 5.32 Å². The van der Waals surface area contributed by atoms with Gasteiger partial charge in [-0.2, -0.15) is 5.26 Å². The first-order valence-electron chi connectivity index (χ1n) is 7.57. The van der Waals surface area contributed by atoms with E-state index in [2.05, 4.69) is 33.1 Å². The van der Waals surface area contributed by atoms with Crippen molar-refractivity contribution in [2.24, 2.45) is 0 Å². The minimum Gasteiger partial charge on any atom is -0.324 e. The summed E-state index contributed by atoms with van der Waals surface area (Å²) in [6.45, 7) is 2.86. The Bertz CT molecular complexity index is 760. The molecule has 0 aliphatic heterocycles. The number of hydrogen-bond acceptors (Lipinski definition) is 5. The number of aromatic nitrogens is 3. The van der Waals surface area contributed by atoms with E-state index < -0.39 is 0 Å². The molecule has 0 atom stereocenters. The molecule has 1 fully saturated rings.